The Morgan fingerprint density at radius 1 is 1.31 bits per heavy atom. The molecule has 0 aliphatic heterocycles. The van der Waals surface area contributed by atoms with Crippen molar-refractivity contribution in [3.05, 3.63) is 65.2 Å². The lowest BCUT2D eigenvalue weighted by atomic mass is 10.1. The number of methoxy groups -OCH3 is 1. The molecule has 0 atom stereocenters. The smallest absolute Gasteiger partial charge is 0.257 e. The fourth-order valence-electron chi connectivity index (χ4n) is 2.55. The van der Waals surface area contributed by atoms with Crippen LogP contribution in [0.3, 0.4) is 0 Å². The zero-order valence-corrected chi connectivity index (χ0v) is 14.5. The first kappa shape index (κ1) is 17.6. The molecule has 0 spiro atoms. The molecule has 1 aromatic carbocycles. The molecule has 0 aliphatic carbocycles. The molecule has 0 bridgehead atoms. The number of hydrogen-bond acceptors (Lipinski definition) is 5. The number of rotatable bonds is 6. The van der Waals surface area contributed by atoms with E-state index in [0.717, 1.165) is 5.56 Å². The van der Waals surface area contributed by atoms with E-state index in [2.05, 4.69) is 15.5 Å². The Morgan fingerprint density at radius 3 is 2.85 bits per heavy atom. The van der Waals surface area contributed by atoms with Gasteiger partial charge < -0.3 is 14.6 Å². The van der Waals surface area contributed by atoms with E-state index in [-0.39, 0.29) is 11.7 Å². The summed E-state index contributed by atoms with van der Waals surface area (Å²) in [5, 5.41) is 6.68. The van der Waals surface area contributed by atoms with Crippen LogP contribution >= 0.6 is 0 Å². The minimum absolute atomic E-state index is 0.255. The van der Waals surface area contributed by atoms with Crippen LogP contribution in [0, 0.1) is 12.7 Å². The number of benzene rings is 1. The number of amides is 1. The number of ether oxygens (including phenoxy) is 1. The van der Waals surface area contributed by atoms with Crippen molar-refractivity contribution in [3.8, 4) is 17.2 Å². The second-order valence-corrected chi connectivity index (χ2v) is 5.70. The maximum Gasteiger partial charge on any atom is 0.257 e. The molecule has 0 aliphatic rings. The lowest BCUT2D eigenvalue weighted by Crippen LogP contribution is -2.26. The summed E-state index contributed by atoms with van der Waals surface area (Å²) in [7, 11) is 1.56. The van der Waals surface area contributed by atoms with Gasteiger partial charge in [0.05, 0.1) is 12.8 Å². The molecule has 0 saturated carbocycles. The summed E-state index contributed by atoms with van der Waals surface area (Å²) in [5.41, 5.74) is 2.20. The summed E-state index contributed by atoms with van der Waals surface area (Å²) in [5.74, 6) is 0.0719. The molecule has 2 heterocycles. The standard InChI is InChI=1S/C19H18FN3O3/c1-12-17(18(26-23-12)14-4-3-5-15(20)10-14)19(24)21-9-8-13-6-7-16(25-2)22-11-13/h3-7,10-11H,8-9H2,1-2H3,(H,21,24). The van der Waals surface area contributed by atoms with Crippen LogP contribution in [0.15, 0.2) is 47.1 Å². The number of carbonyl (C=O) groups excluding carboxylic acids is 1. The van der Waals surface area contributed by atoms with E-state index in [0.29, 0.717) is 35.7 Å². The second-order valence-electron chi connectivity index (χ2n) is 5.70. The van der Waals surface area contributed by atoms with E-state index in [1.54, 1.807) is 38.4 Å². The molecule has 134 valence electrons. The molecule has 2 aromatic heterocycles. The topological polar surface area (TPSA) is 77.2 Å². The third-order valence-corrected chi connectivity index (χ3v) is 3.88. The molecule has 1 amide bonds. The zero-order valence-electron chi connectivity index (χ0n) is 14.5. The van der Waals surface area contributed by atoms with Gasteiger partial charge in [-0.25, -0.2) is 9.37 Å². The maximum atomic E-state index is 13.5. The predicted molar refractivity (Wildman–Crippen MR) is 93.5 cm³/mol. The van der Waals surface area contributed by atoms with Gasteiger partial charge in [0.1, 0.15) is 11.4 Å². The largest absolute Gasteiger partial charge is 0.481 e. The summed E-state index contributed by atoms with van der Waals surface area (Å²) < 4.78 is 23.7. The number of aryl methyl sites for hydroxylation is 1. The van der Waals surface area contributed by atoms with Crippen LogP contribution in [-0.4, -0.2) is 29.7 Å². The third-order valence-electron chi connectivity index (χ3n) is 3.88. The van der Waals surface area contributed by atoms with Crippen LogP contribution in [0.25, 0.3) is 11.3 Å². The van der Waals surface area contributed by atoms with Crippen LogP contribution in [0.4, 0.5) is 4.39 Å². The minimum Gasteiger partial charge on any atom is -0.481 e. The predicted octanol–water partition coefficient (Wildman–Crippen LogP) is 3.17. The van der Waals surface area contributed by atoms with Crippen molar-refractivity contribution in [1.82, 2.24) is 15.5 Å². The maximum absolute atomic E-state index is 13.5. The normalized spacial score (nSPS) is 10.6. The van der Waals surface area contributed by atoms with Crippen molar-refractivity contribution >= 4 is 5.91 Å². The van der Waals surface area contributed by atoms with E-state index in [1.807, 2.05) is 6.07 Å². The molecular formula is C19H18FN3O3. The second kappa shape index (κ2) is 7.77. The summed E-state index contributed by atoms with van der Waals surface area (Å²) in [6.07, 6.45) is 2.32. The van der Waals surface area contributed by atoms with Crippen molar-refractivity contribution in [2.24, 2.45) is 0 Å². The van der Waals surface area contributed by atoms with Gasteiger partial charge in [-0.3, -0.25) is 4.79 Å². The van der Waals surface area contributed by atoms with Gasteiger partial charge in [-0.2, -0.15) is 0 Å². The quantitative estimate of drug-likeness (QED) is 0.735. The highest BCUT2D eigenvalue weighted by molar-refractivity contribution is 6.00. The number of aromatic nitrogens is 2. The SMILES string of the molecule is COc1ccc(CCNC(=O)c2c(C)noc2-c2cccc(F)c2)cn1. The first-order valence-electron chi connectivity index (χ1n) is 8.08. The molecule has 0 fully saturated rings. The van der Waals surface area contributed by atoms with Crippen LogP contribution < -0.4 is 10.1 Å². The fraction of sp³-hybridized carbons (Fsp3) is 0.211. The van der Waals surface area contributed by atoms with Gasteiger partial charge in [0.2, 0.25) is 5.88 Å². The van der Waals surface area contributed by atoms with Crippen LogP contribution in [0.1, 0.15) is 21.6 Å². The average molecular weight is 355 g/mol. The van der Waals surface area contributed by atoms with Gasteiger partial charge in [0, 0.05) is 24.4 Å². The molecular weight excluding hydrogens is 337 g/mol. The Morgan fingerprint density at radius 2 is 2.15 bits per heavy atom. The highest BCUT2D eigenvalue weighted by Gasteiger charge is 2.21. The summed E-state index contributed by atoms with van der Waals surface area (Å²) in [6, 6.07) is 9.52. The van der Waals surface area contributed by atoms with Crippen molar-refractivity contribution in [2.45, 2.75) is 13.3 Å². The van der Waals surface area contributed by atoms with Gasteiger partial charge in [-0.05, 0) is 31.0 Å². The first-order chi connectivity index (χ1) is 12.6. The van der Waals surface area contributed by atoms with E-state index in [4.69, 9.17) is 9.26 Å². The van der Waals surface area contributed by atoms with E-state index in [1.165, 1.54) is 12.1 Å². The van der Waals surface area contributed by atoms with Gasteiger partial charge in [-0.15, -0.1) is 0 Å². The van der Waals surface area contributed by atoms with E-state index >= 15 is 0 Å². The van der Waals surface area contributed by atoms with Crippen molar-refractivity contribution in [3.63, 3.8) is 0 Å². The van der Waals surface area contributed by atoms with Crippen LogP contribution in [0.2, 0.25) is 0 Å². The van der Waals surface area contributed by atoms with E-state index in [9.17, 15) is 9.18 Å². The Labute approximate surface area is 150 Å². The summed E-state index contributed by atoms with van der Waals surface area (Å²) in [4.78, 5) is 16.7. The van der Waals surface area contributed by atoms with Gasteiger partial charge in [0.25, 0.3) is 5.91 Å². The van der Waals surface area contributed by atoms with Crippen molar-refractivity contribution in [2.75, 3.05) is 13.7 Å². The third kappa shape index (κ3) is 3.88. The minimum atomic E-state index is -0.407. The monoisotopic (exact) mass is 355 g/mol. The fourth-order valence-corrected chi connectivity index (χ4v) is 2.55. The summed E-state index contributed by atoms with van der Waals surface area (Å²) in [6.45, 7) is 2.09. The zero-order chi connectivity index (χ0) is 18.5. The van der Waals surface area contributed by atoms with Crippen molar-refractivity contribution < 1.29 is 18.4 Å². The number of nitrogens with zero attached hydrogens (tertiary/aromatic N) is 2. The molecule has 3 rings (SSSR count). The highest BCUT2D eigenvalue weighted by Crippen LogP contribution is 2.26. The van der Waals surface area contributed by atoms with Crippen LogP contribution in [0.5, 0.6) is 5.88 Å². The van der Waals surface area contributed by atoms with E-state index < -0.39 is 5.82 Å². The molecule has 0 saturated heterocycles. The highest BCUT2D eigenvalue weighted by atomic mass is 19.1. The number of carbonyl (C=O) groups is 1. The molecule has 26 heavy (non-hydrogen) atoms. The Hall–Kier alpha value is -3.22. The molecule has 3 aromatic rings. The van der Waals surface area contributed by atoms with Gasteiger partial charge in [-0.1, -0.05) is 23.4 Å². The molecule has 7 heteroatoms. The molecule has 6 nitrogen and oxygen atoms in total. The first-order valence-corrected chi connectivity index (χ1v) is 8.08. The Balaban J connectivity index is 1.69. The Bertz CT molecular complexity index is 907. The molecule has 1 N–H and O–H groups in total. The number of hydrogen-bond donors (Lipinski definition) is 1. The molecule has 0 radical (unpaired) electrons. The average Bonchev–Trinajstić information content (AvgIpc) is 3.04. The van der Waals surface area contributed by atoms with Gasteiger partial charge in [0.15, 0.2) is 5.76 Å². The number of nitrogens with one attached hydrogen (secondary N) is 1. The van der Waals surface area contributed by atoms with Crippen molar-refractivity contribution in [1.29, 1.82) is 0 Å². The Kier molecular flexibility index (Phi) is 5.26. The number of pyridine rings is 1. The molecule has 0 unspecified atom stereocenters. The lowest BCUT2D eigenvalue weighted by Gasteiger charge is -2.06. The number of halogens is 1. The lowest BCUT2D eigenvalue weighted by molar-refractivity contribution is 0.0954. The van der Waals surface area contributed by atoms with Crippen LogP contribution in [-0.2, 0) is 6.42 Å². The summed E-state index contributed by atoms with van der Waals surface area (Å²) >= 11 is 0. The van der Waals surface area contributed by atoms with Gasteiger partial charge >= 0.3 is 0 Å².